The molecule has 0 unspecified atom stereocenters. The Bertz CT molecular complexity index is 185. The highest BCUT2D eigenvalue weighted by atomic mass is 31.2. The van der Waals surface area contributed by atoms with E-state index in [0.717, 1.165) is 12.8 Å². The minimum Gasteiger partial charge on any atom is -0.290 e. The molecule has 0 aromatic heterocycles. The summed E-state index contributed by atoms with van der Waals surface area (Å²) in [6, 6.07) is 0. The number of hydrogen-bond donors (Lipinski definition) is 0. The SMILES string of the molecule is BC(CC)(CC)OP(=O)(OC)OC. The molecule has 0 amide bonds. The molecular weight excluding hydrogens is 190 g/mol. The van der Waals surface area contributed by atoms with Gasteiger partial charge in [-0.3, -0.25) is 13.6 Å². The summed E-state index contributed by atoms with van der Waals surface area (Å²) in [6.07, 6.45) is 1.53. The molecule has 0 aliphatic carbocycles. The van der Waals surface area contributed by atoms with Crippen molar-refractivity contribution in [3.63, 3.8) is 0 Å². The fraction of sp³-hybridized carbons (Fsp3) is 1.00. The molecule has 78 valence electrons. The fourth-order valence-electron chi connectivity index (χ4n) is 0.798. The lowest BCUT2D eigenvalue weighted by atomic mass is 9.77. The second-order valence-electron chi connectivity index (χ2n) is 3.06. The van der Waals surface area contributed by atoms with E-state index in [1.54, 1.807) is 0 Å². The van der Waals surface area contributed by atoms with Gasteiger partial charge < -0.3 is 0 Å². The van der Waals surface area contributed by atoms with Crippen molar-refractivity contribution in [2.75, 3.05) is 14.2 Å². The third-order valence-electron chi connectivity index (χ3n) is 2.28. The van der Waals surface area contributed by atoms with Crippen LogP contribution in [0.2, 0.25) is 0 Å². The van der Waals surface area contributed by atoms with Gasteiger partial charge in [-0.05, 0) is 12.8 Å². The second kappa shape index (κ2) is 5.15. The first-order chi connectivity index (χ1) is 5.95. The van der Waals surface area contributed by atoms with Gasteiger partial charge in [-0.15, -0.1) is 0 Å². The highest BCUT2D eigenvalue weighted by molar-refractivity contribution is 7.48. The van der Waals surface area contributed by atoms with Crippen molar-refractivity contribution in [2.45, 2.75) is 32.2 Å². The Hall–Kier alpha value is 0.175. The van der Waals surface area contributed by atoms with E-state index in [-0.39, 0.29) is 0 Å². The maximum atomic E-state index is 11.6. The molecule has 0 N–H and O–H groups in total. The van der Waals surface area contributed by atoms with Crippen molar-refractivity contribution in [2.24, 2.45) is 0 Å². The summed E-state index contributed by atoms with van der Waals surface area (Å²) in [5, 5.41) is 0. The van der Waals surface area contributed by atoms with Crippen molar-refractivity contribution in [3.05, 3.63) is 0 Å². The van der Waals surface area contributed by atoms with E-state index in [1.807, 2.05) is 21.7 Å². The molecule has 0 fully saturated rings. The predicted octanol–water partition coefficient (Wildman–Crippen LogP) is 1.55. The average molecular weight is 208 g/mol. The molecule has 0 aromatic carbocycles. The molecule has 0 saturated heterocycles. The Balaban J connectivity index is 4.46. The number of phosphoric acid groups is 1. The number of phosphoric ester groups is 1. The summed E-state index contributed by atoms with van der Waals surface area (Å²) in [4.78, 5) is 0. The Morgan fingerprint density at radius 1 is 1.23 bits per heavy atom. The fourth-order valence-corrected chi connectivity index (χ4v) is 1.89. The summed E-state index contributed by atoms with van der Waals surface area (Å²) in [7, 11) is 1.18. The minimum absolute atomic E-state index is 0.443. The van der Waals surface area contributed by atoms with Gasteiger partial charge >= 0.3 is 7.82 Å². The molecule has 0 bridgehead atoms. The van der Waals surface area contributed by atoms with Crippen LogP contribution in [-0.4, -0.2) is 27.6 Å². The molecule has 13 heavy (non-hydrogen) atoms. The highest BCUT2D eigenvalue weighted by Crippen LogP contribution is 2.51. The molecule has 6 heteroatoms. The minimum atomic E-state index is -3.34. The van der Waals surface area contributed by atoms with Crippen molar-refractivity contribution >= 4 is 15.7 Å². The van der Waals surface area contributed by atoms with Crippen molar-refractivity contribution in [1.82, 2.24) is 0 Å². The van der Waals surface area contributed by atoms with E-state index in [2.05, 4.69) is 0 Å². The standard InChI is InChI=1S/C7H18BO4P/c1-5-7(8,6-2)12-13(9,10-3)11-4/h5-6,8H2,1-4H3. The van der Waals surface area contributed by atoms with E-state index < -0.39 is 13.3 Å². The third kappa shape index (κ3) is 3.82. The van der Waals surface area contributed by atoms with E-state index in [1.165, 1.54) is 14.2 Å². The molecule has 0 saturated carbocycles. The lowest BCUT2D eigenvalue weighted by Crippen LogP contribution is -2.30. The summed E-state index contributed by atoms with van der Waals surface area (Å²) in [5.41, 5.74) is -0.443. The van der Waals surface area contributed by atoms with Crippen LogP contribution in [0.4, 0.5) is 0 Å². The van der Waals surface area contributed by atoms with Gasteiger partial charge in [-0.1, -0.05) is 13.8 Å². The van der Waals surface area contributed by atoms with Gasteiger partial charge in [0.1, 0.15) is 7.85 Å². The molecule has 0 aliphatic heterocycles. The second-order valence-corrected chi connectivity index (χ2v) is 4.87. The molecule has 0 aliphatic rings. The van der Waals surface area contributed by atoms with Gasteiger partial charge in [0.15, 0.2) is 0 Å². The number of rotatable bonds is 6. The van der Waals surface area contributed by atoms with Gasteiger partial charge in [0, 0.05) is 19.7 Å². The molecule has 0 radical (unpaired) electrons. The van der Waals surface area contributed by atoms with E-state index in [9.17, 15) is 4.57 Å². The Morgan fingerprint density at radius 2 is 1.62 bits per heavy atom. The van der Waals surface area contributed by atoms with Crippen molar-refractivity contribution in [3.8, 4) is 0 Å². The molecule has 0 heterocycles. The first-order valence-electron chi connectivity index (χ1n) is 4.37. The van der Waals surface area contributed by atoms with Crippen LogP contribution in [0.15, 0.2) is 0 Å². The molecule has 0 rings (SSSR count). The first-order valence-corrected chi connectivity index (χ1v) is 5.83. The zero-order valence-electron chi connectivity index (χ0n) is 8.99. The maximum absolute atomic E-state index is 11.6. The number of hydrogen-bond acceptors (Lipinski definition) is 4. The molecule has 0 aromatic rings. The van der Waals surface area contributed by atoms with Crippen LogP contribution in [0.1, 0.15) is 26.7 Å². The van der Waals surface area contributed by atoms with Gasteiger partial charge in [0.25, 0.3) is 0 Å². The zero-order valence-corrected chi connectivity index (χ0v) is 9.89. The van der Waals surface area contributed by atoms with Gasteiger partial charge in [-0.2, -0.15) is 0 Å². The topological polar surface area (TPSA) is 44.8 Å². The van der Waals surface area contributed by atoms with E-state index in [0.29, 0.717) is 0 Å². The normalized spacial score (nSPS) is 13.2. The molecule has 0 spiro atoms. The van der Waals surface area contributed by atoms with Crippen LogP contribution in [0.25, 0.3) is 0 Å². The lowest BCUT2D eigenvalue weighted by molar-refractivity contribution is 0.0735. The highest BCUT2D eigenvalue weighted by Gasteiger charge is 2.33. The Labute approximate surface area is 81.0 Å². The average Bonchev–Trinajstić information content (AvgIpc) is 2.17. The summed E-state index contributed by atoms with van der Waals surface area (Å²) in [6.45, 7) is 3.94. The molecular formula is C7H18BO4P. The predicted molar refractivity (Wildman–Crippen MR) is 54.6 cm³/mol. The molecule has 0 atom stereocenters. The summed E-state index contributed by atoms with van der Waals surface area (Å²) < 4.78 is 26.3. The smallest absolute Gasteiger partial charge is 0.290 e. The van der Waals surface area contributed by atoms with Crippen LogP contribution in [0.5, 0.6) is 0 Å². The third-order valence-corrected chi connectivity index (χ3v) is 3.83. The van der Waals surface area contributed by atoms with E-state index in [4.69, 9.17) is 13.6 Å². The molecule has 4 nitrogen and oxygen atoms in total. The van der Waals surface area contributed by atoms with Crippen LogP contribution >= 0.6 is 7.82 Å². The quantitative estimate of drug-likeness (QED) is 0.490. The van der Waals surface area contributed by atoms with Crippen LogP contribution < -0.4 is 0 Å². The van der Waals surface area contributed by atoms with E-state index >= 15 is 0 Å². The van der Waals surface area contributed by atoms with Crippen LogP contribution in [-0.2, 0) is 18.1 Å². The first kappa shape index (κ1) is 13.2. The van der Waals surface area contributed by atoms with Gasteiger partial charge in [-0.25, -0.2) is 4.57 Å². The largest absolute Gasteiger partial charge is 0.474 e. The monoisotopic (exact) mass is 208 g/mol. The lowest BCUT2D eigenvalue weighted by Gasteiger charge is -2.29. The summed E-state index contributed by atoms with van der Waals surface area (Å²) >= 11 is 0. The Kier molecular flexibility index (Phi) is 5.22. The summed E-state index contributed by atoms with van der Waals surface area (Å²) in [5.74, 6) is 0. The van der Waals surface area contributed by atoms with Crippen molar-refractivity contribution in [1.29, 1.82) is 0 Å². The van der Waals surface area contributed by atoms with Crippen molar-refractivity contribution < 1.29 is 18.1 Å². The maximum Gasteiger partial charge on any atom is 0.474 e. The van der Waals surface area contributed by atoms with Gasteiger partial charge in [0.2, 0.25) is 0 Å². The Morgan fingerprint density at radius 3 is 1.85 bits per heavy atom. The van der Waals surface area contributed by atoms with Gasteiger partial charge in [0.05, 0.1) is 0 Å². The van der Waals surface area contributed by atoms with Crippen LogP contribution in [0, 0.1) is 0 Å². The zero-order chi connectivity index (χ0) is 10.5. The van der Waals surface area contributed by atoms with Crippen LogP contribution in [0.3, 0.4) is 0 Å².